The Morgan fingerprint density at radius 1 is 1.37 bits per heavy atom. The highest BCUT2D eigenvalue weighted by molar-refractivity contribution is 5.92. The minimum absolute atomic E-state index is 0.0842. The van der Waals surface area contributed by atoms with Gasteiger partial charge in [0.1, 0.15) is 0 Å². The van der Waals surface area contributed by atoms with E-state index in [-0.39, 0.29) is 11.8 Å². The Balaban J connectivity index is 1.60. The molecule has 1 amide bonds. The number of nitrogens with one attached hydrogen (secondary N) is 1. The molecular formula is C15H17NO3. The number of rotatable bonds is 5. The molecule has 0 bridgehead atoms. The molecule has 1 fully saturated rings. The summed E-state index contributed by atoms with van der Waals surface area (Å²) in [6.07, 6.45) is 5.37. The number of benzene rings is 1. The van der Waals surface area contributed by atoms with Gasteiger partial charge in [0.25, 0.3) is 0 Å². The lowest BCUT2D eigenvalue weighted by molar-refractivity contribution is -0.126. The van der Waals surface area contributed by atoms with Crippen LogP contribution in [0.2, 0.25) is 0 Å². The third-order valence-electron chi connectivity index (χ3n) is 2.99. The van der Waals surface area contributed by atoms with Crippen molar-refractivity contribution in [3.05, 3.63) is 42.0 Å². The summed E-state index contributed by atoms with van der Waals surface area (Å²) in [7, 11) is 0. The Bertz CT molecular complexity index is 468. The van der Waals surface area contributed by atoms with Gasteiger partial charge in [-0.05, 0) is 18.4 Å². The molecular weight excluding hydrogens is 242 g/mol. The van der Waals surface area contributed by atoms with Crippen LogP contribution in [0.3, 0.4) is 0 Å². The van der Waals surface area contributed by atoms with Crippen LogP contribution >= 0.6 is 0 Å². The molecule has 2 rings (SSSR count). The van der Waals surface area contributed by atoms with Crippen molar-refractivity contribution < 1.29 is 14.3 Å². The largest absolute Gasteiger partial charge is 0.449 e. The molecule has 0 spiro atoms. The van der Waals surface area contributed by atoms with Gasteiger partial charge in [0, 0.05) is 6.42 Å². The van der Waals surface area contributed by atoms with Gasteiger partial charge in [0.15, 0.2) is 5.78 Å². The van der Waals surface area contributed by atoms with Crippen LogP contribution < -0.4 is 5.32 Å². The van der Waals surface area contributed by atoms with E-state index in [1.165, 1.54) is 0 Å². The van der Waals surface area contributed by atoms with Gasteiger partial charge in [-0.1, -0.05) is 42.5 Å². The number of Topliss-reactive ketones (excluding diaryl/α,β-unsaturated/α-hetero) is 1. The lowest BCUT2D eigenvalue weighted by Gasteiger charge is -2.24. The highest BCUT2D eigenvalue weighted by Gasteiger charge is 2.29. The molecule has 0 aromatic heterocycles. The number of hydrogen-bond donors (Lipinski definition) is 1. The van der Waals surface area contributed by atoms with E-state index in [0.29, 0.717) is 19.4 Å². The highest BCUT2D eigenvalue weighted by Crippen LogP contribution is 2.13. The fraction of sp³-hybridized carbons (Fsp3) is 0.333. The Morgan fingerprint density at radius 3 is 2.79 bits per heavy atom. The topological polar surface area (TPSA) is 55.4 Å². The number of ether oxygens (including phenoxy) is 1. The molecule has 4 heteroatoms. The number of amides is 1. The average molecular weight is 259 g/mol. The number of carbonyl (C=O) groups is 2. The predicted molar refractivity (Wildman–Crippen MR) is 72.6 cm³/mol. The summed E-state index contributed by atoms with van der Waals surface area (Å²) in [6.45, 7) is 0.316. The second kappa shape index (κ2) is 6.73. The van der Waals surface area contributed by atoms with Gasteiger partial charge >= 0.3 is 6.09 Å². The normalized spacial score (nSPS) is 18.1. The van der Waals surface area contributed by atoms with Crippen LogP contribution in [0.15, 0.2) is 36.4 Å². The summed E-state index contributed by atoms with van der Waals surface area (Å²) in [6, 6.07) is 9.59. The van der Waals surface area contributed by atoms with Crippen LogP contribution in [0.4, 0.5) is 4.79 Å². The minimum atomic E-state index is -0.508. The third-order valence-corrected chi connectivity index (χ3v) is 2.99. The lowest BCUT2D eigenvalue weighted by Crippen LogP contribution is -2.47. The van der Waals surface area contributed by atoms with Gasteiger partial charge in [-0.2, -0.15) is 0 Å². The van der Waals surface area contributed by atoms with Crippen molar-refractivity contribution >= 4 is 18.0 Å². The molecule has 100 valence electrons. The van der Waals surface area contributed by atoms with E-state index < -0.39 is 6.09 Å². The molecule has 1 N–H and O–H groups in total. The first kappa shape index (κ1) is 13.3. The summed E-state index contributed by atoms with van der Waals surface area (Å²) in [5.74, 6) is 0.0842. The molecule has 1 aromatic carbocycles. The molecule has 19 heavy (non-hydrogen) atoms. The Labute approximate surface area is 112 Å². The van der Waals surface area contributed by atoms with Crippen LogP contribution in [-0.2, 0) is 9.53 Å². The van der Waals surface area contributed by atoms with E-state index in [4.69, 9.17) is 4.74 Å². The average Bonchev–Trinajstić information content (AvgIpc) is 2.44. The van der Waals surface area contributed by atoms with Crippen molar-refractivity contribution in [3.63, 3.8) is 0 Å². The molecule has 1 atom stereocenters. The molecule has 0 heterocycles. The maximum atomic E-state index is 11.3. The molecule has 4 nitrogen and oxygen atoms in total. The smallest absolute Gasteiger partial charge is 0.407 e. The van der Waals surface area contributed by atoms with E-state index in [9.17, 15) is 9.59 Å². The van der Waals surface area contributed by atoms with Gasteiger partial charge in [-0.25, -0.2) is 4.79 Å². The van der Waals surface area contributed by atoms with Crippen molar-refractivity contribution in [2.75, 3.05) is 6.61 Å². The zero-order chi connectivity index (χ0) is 13.5. The number of carbonyl (C=O) groups excluding carboxylic acids is 2. The molecule has 0 saturated heterocycles. The monoisotopic (exact) mass is 259 g/mol. The van der Waals surface area contributed by atoms with Crippen molar-refractivity contribution in [2.24, 2.45) is 0 Å². The maximum absolute atomic E-state index is 11.3. The predicted octanol–water partition coefficient (Wildman–Crippen LogP) is 2.55. The quantitative estimate of drug-likeness (QED) is 0.827. The van der Waals surface area contributed by atoms with Crippen LogP contribution in [-0.4, -0.2) is 24.5 Å². The molecule has 0 aliphatic heterocycles. The first-order valence-electron chi connectivity index (χ1n) is 6.43. The second-order valence-electron chi connectivity index (χ2n) is 4.44. The summed E-state index contributed by atoms with van der Waals surface area (Å²) < 4.78 is 4.98. The van der Waals surface area contributed by atoms with Crippen LogP contribution in [0.1, 0.15) is 24.8 Å². The van der Waals surface area contributed by atoms with E-state index in [1.807, 2.05) is 42.5 Å². The molecule has 1 aromatic rings. The number of hydrogen-bond acceptors (Lipinski definition) is 3. The van der Waals surface area contributed by atoms with Crippen LogP contribution in [0.5, 0.6) is 0 Å². The summed E-state index contributed by atoms with van der Waals surface area (Å²) >= 11 is 0. The van der Waals surface area contributed by atoms with E-state index in [1.54, 1.807) is 0 Å². The van der Waals surface area contributed by atoms with Gasteiger partial charge in [-0.15, -0.1) is 0 Å². The van der Waals surface area contributed by atoms with Gasteiger partial charge < -0.3 is 10.1 Å². The fourth-order valence-electron chi connectivity index (χ4n) is 1.75. The first-order valence-corrected chi connectivity index (χ1v) is 6.43. The minimum Gasteiger partial charge on any atom is -0.449 e. The highest BCUT2D eigenvalue weighted by atomic mass is 16.5. The van der Waals surface area contributed by atoms with E-state index >= 15 is 0 Å². The standard InChI is InChI=1S/C15H17NO3/c17-14-10-9-13(14)16-15(18)19-11-5-4-8-12-6-2-1-3-7-12/h1-4,6-8,13H,5,9-11H2,(H,16,18)/b8-4+/t13-/m0/s1. The van der Waals surface area contributed by atoms with Gasteiger partial charge in [-0.3, -0.25) is 4.79 Å². The Hall–Kier alpha value is -2.10. The third kappa shape index (κ3) is 4.25. The first-order chi connectivity index (χ1) is 9.25. The summed E-state index contributed by atoms with van der Waals surface area (Å²) in [5.41, 5.74) is 1.12. The van der Waals surface area contributed by atoms with Gasteiger partial charge in [0.2, 0.25) is 0 Å². The van der Waals surface area contributed by atoms with Gasteiger partial charge in [0.05, 0.1) is 12.6 Å². The van der Waals surface area contributed by atoms with E-state index in [2.05, 4.69) is 5.32 Å². The number of alkyl carbamates (subject to hydrolysis) is 1. The van der Waals surface area contributed by atoms with Crippen molar-refractivity contribution in [1.29, 1.82) is 0 Å². The van der Waals surface area contributed by atoms with Crippen LogP contribution in [0, 0.1) is 0 Å². The summed E-state index contributed by atoms with van der Waals surface area (Å²) in [5, 5.41) is 2.54. The summed E-state index contributed by atoms with van der Waals surface area (Å²) in [4.78, 5) is 22.3. The molecule has 0 radical (unpaired) electrons. The number of ketones is 1. The lowest BCUT2D eigenvalue weighted by atomic mass is 9.91. The Kier molecular flexibility index (Phi) is 4.72. The van der Waals surface area contributed by atoms with Crippen molar-refractivity contribution in [1.82, 2.24) is 5.32 Å². The molecule has 1 saturated carbocycles. The zero-order valence-corrected chi connectivity index (χ0v) is 10.7. The SMILES string of the molecule is O=C(N[C@H]1CCC1=O)OCC/C=C/c1ccccc1. The fourth-order valence-corrected chi connectivity index (χ4v) is 1.75. The van der Waals surface area contributed by atoms with E-state index in [0.717, 1.165) is 12.0 Å². The van der Waals surface area contributed by atoms with Crippen LogP contribution in [0.25, 0.3) is 6.08 Å². The molecule has 1 aliphatic carbocycles. The zero-order valence-electron chi connectivity index (χ0n) is 10.7. The Morgan fingerprint density at radius 2 is 2.16 bits per heavy atom. The second-order valence-corrected chi connectivity index (χ2v) is 4.44. The maximum Gasteiger partial charge on any atom is 0.407 e. The van der Waals surface area contributed by atoms with Crippen molar-refractivity contribution in [2.45, 2.75) is 25.3 Å². The molecule has 1 aliphatic rings. The van der Waals surface area contributed by atoms with Crippen molar-refractivity contribution in [3.8, 4) is 0 Å². The molecule has 0 unspecified atom stereocenters.